The average molecular weight is 458 g/mol. The van der Waals surface area contributed by atoms with E-state index in [0.717, 1.165) is 0 Å². The number of ether oxygens (including phenoxy) is 5. The number of rotatable bonds is 18. The second kappa shape index (κ2) is 25.1. The van der Waals surface area contributed by atoms with E-state index in [1.165, 1.54) is 13.8 Å². The summed E-state index contributed by atoms with van der Waals surface area (Å²) in [4.78, 5) is 21.4. The Morgan fingerprint density at radius 1 is 0.806 bits per heavy atom. The summed E-state index contributed by atoms with van der Waals surface area (Å²) in [5.74, 6) is -0.287. The van der Waals surface area contributed by atoms with Crippen LogP contribution >= 0.6 is 0 Å². The first-order chi connectivity index (χ1) is 14.8. The van der Waals surface area contributed by atoms with Crippen LogP contribution in [-0.2, 0) is 33.3 Å². The van der Waals surface area contributed by atoms with Crippen molar-refractivity contribution < 1.29 is 39.1 Å². The molecule has 0 rings (SSSR count). The summed E-state index contributed by atoms with van der Waals surface area (Å²) in [5.41, 5.74) is -1.01. The Hall–Kier alpha value is -1.13. The largest absolute Gasteiger partial charge is 0.377 e. The van der Waals surface area contributed by atoms with Gasteiger partial charge in [-0.2, -0.15) is 0 Å². The molecule has 0 heterocycles. The van der Waals surface area contributed by atoms with Gasteiger partial charge in [-0.25, -0.2) is 4.39 Å². The number of halogens is 1. The standard InChI is InChI=1S/C18H34FNO7.2C2H6.H2/c1-15(21)14-26-10-9-24-6-5-23-7-8-25-11-12-27-18(3,4)17(19)13-20-16(2)22;2*1-2;/h17H,5-14H2,1-4H3,(H,20,22);2*1-2H3;1H. The van der Waals surface area contributed by atoms with Crippen LogP contribution < -0.4 is 5.32 Å². The molecule has 0 bridgehead atoms. The highest BCUT2D eigenvalue weighted by Gasteiger charge is 2.30. The molecule has 1 amide bonds. The molecule has 0 spiro atoms. The predicted molar refractivity (Wildman–Crippen MR) is 122 cm³/mol. The van der Waals surface area contributed by atoms with Crippen LogP contribution in [0.2, 0.25) is 0 Å². The Morgan fingerprint density at radius 3 is 1.58 bits per heavy atom. The number of amides is 1. The van der Waals surface area contributed by atoms with E-state index in [9.17, 15) is 14.0 Å². The Kier molecular flexibility index (Phi) is 28.0. The van der Waals surface area contributed by atoms with Gasteiger partial charge in [0.1, 0.15) is 12.8 Å². The van der Waals surface area contributed by atoms with E-state index in [4.69, 9.17) is 23.7 Å². The van der Waals surface area contributed by atoms with E-state index in [-0.39, 0.29) is 32.9 Å². The molecule has 31 heavy (non-hydrogen) atoms. The topological polar surface area (TPSA) is 92.3 Å². The molecular weight excluding hydrogens is 409 g/mol. The minimum Gasteiger partial charge on any atom is -0.377 e. The minimum atomic E-state index is -1.31. The lowest BCUT2D eigenvalue weighted by atomic mass is 10.0. The summed E-state index contributed by atoms with van der Waals surface area (Å²) in [5, 5.41) is 2.43. The van der Waals surface area contributed by atoms with Gasteiger partial charge in [0.2, 0.25) is 5.91 Å². The van der Waals surface area contributed by atoms with Crippen LogP contribution in [0.25, 0.3) is 0 Å². The lowest BCUT2D eigenvalue weighted by Gasteiger charge is -2.29. The van der Waals surface area contributed by atoms with Crippen LogP contribution in [0, 0.1) is 0 Å². The molecule has 8 nitrogen and oxygen atoms in total. The lowest BCUT2D eigenvalue weighted by Crippen LogP contribution is -2.44. The molecule has 0 saturated heterocycles. The van der Waals surface area contributed by atoms with E-state index in [2.05, 4.69) is 5.32 Å². The van der Waals surface area contributed by atoms with Gasteiger partial charge in [-0.05, 0) is 20.8 Å². The van der Waals surface area contributed by atoms with E-state index < -0.39 is 11.8 Å². The summed E-state index contributed by atoms with van der Waals surface area (Å²) in [7, 11) is 0. The first-order valence-electron chi connectivity index (χ1n) is 11.1. The molecule has 9 heteroatoms. The van der Waals surface area contributed by atoms with Crippen molar-refractivity contribution in [2.75, 3.05) is 66.0 Å². The van der Waals surface area contributed by atoms with E-state index in [1.54, 1.807) is 13.8 Å². The highest BCUT2D eigenvalue weighted by atomic mass is 19.1. The van der Waals surface area contributed by atoms with Gasteiger partial charge in [0, 0.05) is 8.35 Å². The number of alkyl halides is 1. The molecule has 0 saturated carbocycles. The zero-order valence-corrected chi connectivity index (χ0v) is 20.9. The summed E-state index contributed by atoms with van der Waals surface area (Å²) in [6.45, 7) is 17.2. The number of carbonyl (C=O) groups is 2. The normalized spacial score (nSPS) is 11.5. The molecule has 1 N–H and O–H groups in total. The number of ketones is 1. The van der Waals surface area contributed by atoms with Crippen LogP contribution in [-0.4, -0.2) is 89.5 Å². The van der Waals surface area contributed by atoms with Gasteiger partial charge in [-0.3, -0.25) is 9.59 Å². The van der Waals surface area contributed by atoms with Crippen molar-refractivity contribution in [2.45, 2.75) is 67.2 Å². The molecular formula is C22H48FNO7. The van der Waals surface area contributed by atoms with Gasteiger partial charge in [0.05, 0.1) is 65.0 Å². The predicted octanol–water partition coefficient (Wildman–Crippen LogP) is 3.21. The molecule has 0 aliphatic rings. The van der Waals surface area contributed by atoms with E-state index >= 15 is 0 Å². The Bertz CT molecular complexity index is 416. The van der Waals surface area contributed by atoms with Crippen LogP contribution in [0.15, 0.2) is 0 Å². The lowest BCUT2D eigenvalue weighted by molar-refractivity contribution is -0.122. The van der Waals surface area contributed by atoms with Gasteiger partial charge < -0.3 is 29.0 Å². The van der Waals surface area contributed by atoms with Crippen molar-refractivity contribution in [2.24, 2.45) is 0 Å². The Labute approximate surface area is 190 Å². The molecule has 190 valence electrons. The molecule has 0 fully saturated rings. The molecule has 0 aromatic heterocycles. The Balaban J connectivity index is -0.000000737. The van der Waals surface area contributed by atoms with Crippen molar-refractivity contribution in [3.05, 3.63) is 0 Å². The van der Waals surface area contributed by atoms with Gasteiger partial charge in [-0.15, -0.1) is 0 Å². The summed E-state index contributed by atoms with van der Waals surface area (Å²) in [6, 6.07) is 0. The van der Waals surface area contributed by atoms with Gasteiger partial charge in [0.15, 0.2) is 5.78 Å². The van der Waals surface area contributed by atoms with E-state index in [1.807, 2.05) is 27.7 Å². The monoisotopic (exact) mass is 457 g/mol. The smallest absolute Gasteiger partial charge is 0.216 e. The molecule has 0 aromatic carbocycles. The molecule has 1 atom stereocenters. The number of carbonyl (C=O) groups excluding carboxylic acids is 2. The second-order valence-corrected chi connectivity index (χ2v) is 6.45. The van der Waals surface area contributed by atoms with Crippen LogP contribution in [0.3, 0.4) is 0 Å². The SMILES string of the molecule is CC.CC.CC(=O)COCCOCCOCCOCCOC(C)(C)C(F)CNC(C)=O.[HH]. The fraction of sp³-hybridized carbons (Fsp3) is 0.909. The molecule has 0 aliphatic heterocycles. The number of nitrogens with one attached hydrogen (secondary N) is 1. The third-order valence-electron chi connectivity index (χ3n) is 3.41. The summed E-state index contributed by atoms with van der Waals surface area (Å²) >= 11 is 0. The van der Waals surface area contributed by atoms with Crippen LogP contribution in [0.5, 0.6) is 0 Å². The quantitative estimate of drug-likeness (QED) is 0.316. The summed E-state index contributed by atoms with van der Waals surface area (Å²) in [6.07, 6.45) is -1.31. The van der Waals surface area contributed by atoms with Crippen molar-refractivity contribution in [1.82, 2.24) is 5.32 Å². The first kappa shape index (κ1) is 34.5. The highest BCUT2D eigenvalue weighted by Crippen LogP contribution is 2.17. The van der Waals surface area contributed by atoms with Crippen molar-refractivity contribution in [3.8, 4) is 0 Å². The van der Waals surface area contributed by atoms with Crippen LogP contribution in [0.1, 0.15) is 56.8 Å². The second-order valence-electron chi connectivity index (χ2n) is 6.45. The molecule has 0 aliphatic carbocycles. The zero-order valence-electron chi connectivity index (χ0n) is 20.9. The number of hydrogen-bond donors (Lipinski definition) is 1. The molecule has 0 radical (unpaired) electrons. The Morgan fingerprint density at radius 2 is 1.19 bits per heavy atom. The maximum atomic E-state index is 14.0. The first-order valence-corrected chi connectivity index (χ1v) is 11.1. The maximum Gasteiger partial charge on any atom is 0.216 e. The zero-order chi connectivity index (χ0) is 24.5. The van der Waals surface area contributed by atoms with Crippen molar-refractivity contribution in [1.29, 1.82) is 0 Å². The maximum absolute atomic E-state index is 14.0. The van der Waals surface area contributed by atoms with Crippen LogP contribution in [0.4, 0.5) is 4.39 Å². The average Bonchev–Trinajstić information content (AvgIpc) is 2.74. The third kappa shape index (κ3) is 26.8. The summed E-state index contributed by atoms with van der Waals surface area (Å²) < 4.78 is 40.5. The molecule has 0 aromatic rings. The fourth-order valence-electron chi connectivity index (χ4n) is 1.81. The minimum absolute atomic E-state index is 0. The number of Topliss-reactive ketones (excluding diaryl/α,β-unsaturated/α-hetero) is 1. The fourth-order valence-corrected chi connectivity index (χ4v) is 1.81. The molecule has 1 unspecified atom stereocenters. The van der Waals surface area contributed by atoms with Gasteiger partial charge >= 0.3 is 0 Å². The van der Waals surface area contributed by atoms with Gasteiger partial charge in [0.25, 0.3) is 0 Å². The van der Waals surface area contributed by atoms with Gasteiger partial charge in [-0.1, -0.05) is 27.7 Å². The number of hydrogen-bond acceptors (Lipinski definition) is 7. The van der Waals surface area contributed by atoms with Crippen molar-refractivity contribution in [3.63, 3.8) is 0 Å². The third-order valence-corrected chi connectivity index (χ3v) is 3.41. The van der Waals surface area contributed by atoms with E-state index in [0.29, 0.717) is 46.2 Å². The highest BCUT2D eigenvalue weighted by molar-refractivity contribution is 5.76. The van der Waals surface area contributed by atoms with Crippen molar-refractivity contribution >= 4 is 11.7 Å².